The number of fused-ring (bicyclic) bond motifs is 2. The molecule has 1 N–H and O–H groups in total. The monoisotopic (exact) mass is 234 g/mol. The molecule has 6 heteroatoms. The third kappa shape index (κ3) is 1.22. The van der Waals surface area contributed by atoms with Gasteiger partial charge in [0.2, 0.25) is 0 Å². The molecule has 0 fully saturated rings. The van der Waals surface area contributed by atoms with Crippen LogP contribution in [0.1, 0.15) is 5.69 Å². The summed E-state index contributed by atoms with van der Waals surface area (Å²) in [7, 11) is 0. The van der Waals surface area contributed by atoms with E-state index in [1.165, 1.54) is 10.7 Å². The van der Waals surface area contributed by atoms with Gasteiger partial charge < -0.3 is 4.98 Å². The van der Waals surface area contributed by atoms with Crippen LogP contribution in [-0.2, 0) is 0 Å². The highest BCUT2D eigenvalue weighted by Crippen LogP contribution is 2.13. The van der Waals surface area contributed by atoms with Crippen molar-refractivity contribution in [2.45, 2.75) is 6.92 Å². The fraction of sp³-hybridized carbons (Fsp3) is 0.100. The molecule has 0 unspecified atom stereocenters. The lowest BCUT2D eigenvalue weighted by Crippen LogP contribution is -2.15. The van der Waals surface area contributed by atoms with Crippen LogP contribution in [0, 0.1) is 6.92 Å². The second kappa shape index (κ2) is 3.05. The highest BCUT2D eigenvalue weighted by atomic mass is 35.5. The molecule has 0 atom stereocenters. The van der Waals surface area contributed by atoms with Crippen molar-refractivity contribution in [3.63, 3.8) is 0 Å². The molecule has 0 saturated heterocycles. The van der Waals surface area contributed by atoms with Crippen LogP contribution in [0.2, 0.25) is 5.15 Å². The summed E-state index contributed by atoms with van der Waals surface area (Å²) in [4.78, 5) is 19.0. The molecule has 0 aliphatic carbocycles. The van der Waals surface area contributed by atoms with E-state index in [0.29, 0.717) is 21.7 Å². The Balaban J connectivity index is 2.60. The van der Waals surface area contributed by atoms with Gasteiger partial charge in [0.25, 0.3) is 5.56 Å². The van der Waals surface area contributed by atoms with E-state index in [4.69, 9.17) is 11.6 Å². The second-order valence-corrected chi connectivity index (χ2v) is 3.95. The maximum absolute atomic E-state index is 12.0. The zero-order chi connectivity index (χ0) is 11.3. The summed E-state index contributed by atoms with van der Waals surface area (Å²) >= 11 is 5.77. The quantitative estimate of drug-likeness (QED) is 0.600. The van der Waals surface area contributed by atoms with Crippen molar-refractivity contribution in [1.82, 2.24) is 19.6 Å². The third-order valence-corrected chi connectivity index (χ3v) is 2.59. The largest absolute Gasteiger partial charge is 0.339 e. The van der Waals surface area contributed by atoms with Crippen molar-refractivity contribution in [3.05, 3.63) is 39.5 Å². The van der Waals surface area contributed by atoms with Crippen LogP contribution < -0.4 is 5.56 Å². The Morgan fingerprint density at radius 1 is 1.44 bits per heavy atom. The number of H-pyrrole nitrogens is 1. The normalized spacial score (nSPS) is 11.4. The highest BCUT2D eigenvalue weighted by molar-refractivity contribution is 6.29. The fourth-order valence-electron chi connectivity index (χ4n) is 1.70. The molecule has 80 valence electrons. The zero-order valence-corrected chi connectivity index (χ0v) is 9.12. The summed E-state index contributed by atoms with van der Waals surface area (Å²) < 4.78 is 1.33. The molecular formula is C10H7ClN4O. The summed E-state index contributed by atoms with van der Waals surface area (Å²) in [6.45, 7) is 1.83. The number of halogens is 1. The molecule has 3 rings (SSSR count). The summed E-state index contributed by atoms with van der Waals surface area (Å²) in [6, 6.07) is 3.43. The number of rotatable bonds is 0. The molecule has 0 aliphatic rings. The molecule has 0 aliphatic heterocycles. The van der Waals surface area contributed by atoms with Crippen LogP contribution in [0.15, 0.2) is 23.1 Å². The maximum atomic E-state index is 12.0. The van der Waals surface area contributed by atoms with Crippen molar-refractivity contribution < 1.29 is 0 Å². The highest BCUT2D eigenvalue weighted by Gasteiger charge is 2.07. The summed E-state index contributed by atoms with van der Waals surface area (Å²) in [6.07, 6.45) is 1.45. The average Bonchev–Trinajstić information content (AvgIpc) is 2.59. The lowest BCUT2D eigenvalue weighted by atomic mass is 10.3. The number of hydrogen-bond acceptors (Lipinski definition) is 3. The molecule has 3 aromatic rings. The van der Waals surface area contributed by atoms with E-state index < -0.39 is 0 Å². The van der Waals surface area contributed by atoms with Gasteiger partial charge in [0, 0.05) is 12.3 Å². The number of aromatic nitrogens is 4. The van der Waals surface area contributed by atoms with Crippen LogP contribution in [0.3, 0.4) is 0 Å². The Hall–Kier alpha value is -1.88. The third-order valence-electron chi connectivity index (χ3n) is 2.39. The van der Waals surface area contributed by atoms with Crippen molar-refractivity contribution in [1.29, 1.82) is 0 Å². The van der Waals surface area contributed by atoms with Crippen molar-refractivity contribution in [2.24, 2.45) is 0 Å². The van der Waals surface area contributed by atoms with Crippen molar-refractivity contribution in [2.75, 3.05) is 0 Å². The average molecular weight is 235 g/mol. The van der Waals surface area contributed by atoms with Gasteiger partial charge in [0.1, 0.15) is 10.8 Å². The molecule has 5 nitrogen and oxygen atoms in total. The molecule has 0 amide bonds. The molecule has 3 heterocycles. The maximum Gasteiger partial charge on any atom is 0.283 e. The first-order valence-corrected chi connectivity index (χ1v) is 5.07. The number of nitrogens with one attached hydrogen (secondary N) is 1. The van der Waals surface area contributed by atoms with Crippen LogP contribution in [0.25, 0.3) is 16.6 Å². The summed E-state index contributed by atoms with van der Waals surface area (Å²) in [5, 5.41) is 4.92. The fourth-order valence-corrected chi connectivity index (χ4v) is 1.86. The smallest absolute Gasteiger partial charge is 0.283 e. The molecule has 0 saturated carbocycles. The van der Waals surface area contributed by atoms with Crippen LogP contribution in [0.4, 0.5) is 0 Å². The molecule has 0 bridgehead atoms. The Morgan fingerprint density at radius 2 is 2.25 bits per heavy atom. The van der Waals surface area contributed by atoms with Gasteiger partial charge in [-0.1, -0.05) is 11.6 Å². The van der Waals surface area contributed by atoms with E-state index in [2.05, 4.69) is 15.1 Å². The first-order valence-electron chi connectivity index (χ1n) is 4.69. The molecule has 0 spiro atoms. The Morgan fingerprint density at radius 3 is 3.06 bits per heavy atom. The van der Waals surface area contributed by atoms with Gasteiger partial charge in [-0.15, -0.1) is 0 Å². The van der Waals surface area contributed by atoms with Gasteiger partial charge >= 0.3 is 0 Å². The Labute approximate surface area is 94.7 Å². The zero-order valence-electron chi connectivity index (χ0n) is 8.36. The minimum Gasteiger partial charge on any atom is -0.339 e. The van der Waals surface area contributed by atoms with E-state index in [0.717, 1.165) is 5.69 Å². The predicted molar refractivity (Wildman–Crippen MR) is 60.9 cm³/mol. The first kappa shape index (κ1) is 9.35. The molecule has 3 aromatic heterocycles. The minimum absolute atomic E-state index is 0.194. The van der Waals surface area contributed by atoms with E-state index in [1.54, 1.807) is 12.1 Å². The van der Waals surface area contributed by atoms with Crippen LogP contribution in [0.5, 0.6) is 0 Å². The lowest BCUT2D eigenvalue weighted by molar-refractivity contribution is 0.894. The minimum atomic E-state index is -0.194. The standard InChI is InChI=1S/C10H7ClN4O/c1-5-2-9-13-7-3-8(11)12-4-6(7)10(16)15(9)14-5/h2-4,13H,1H3. The van der Waals surface area contributed by atoms with Crippen LogP contribution in [-0.4, -0.2) is 19.6 Å². The van der Waals surface area contributed by atoms with E-state index in [1.807, 2.05) is 6.92 Å². The van der Waals surface area contributed by atoms with Crippen LogP contribution >= 0.6 is 11.6 Å². The first-order chi connectivity index (χ1) is 7.65. The number of nitrogens with zero attached hydrogens (tertiary/aromatic N) is 3. The summed E-state index contributed by atoms with van der Waals surface area (Å²) in [5.41, 5.74) is 1.90. The van der Waals surface area contributed by atoms with Gasteiger partial charge in [0.05, 0.1) is 16.6 Å². The molecule has 0 radical (unpaired) electrons. The molecular weight excluding hydrogens is 228 g/mol. The Kier molecular flexibility index (Phi) is 1.79. The van der Waals surface area contributed by atoms with Gasteiger partial charge in [-0.25, -0.2) is 4.98 Å². The number of aryl methyl sites for hydroxylation is 1. The van der Waals surface area contributed by atoms with E-state index in [-0.39, 0.29) is 5.56 Å². The topological polar surface area (TPSA) is 63.0 Å². The predicted octanol–water partition coefficient (Wildman–Crippen LogP) is 1.53. The number of aromatic amines is 1. The number of pyridine rings is 1. The Bertz CT molecular complexity index is 758. The van der Waals surface area contributed by atoms with E-state index >= 15 is 0 Å². The van der Waals surface area contributed by atoms with E-state index in [9.17, 15) is 4.79 Å². The van der Waals surface area contributed by atoms with Gasteiger partial charge in [-0.3, -0.25) is 4.79 Å². The van der Waals surface area contributed by atoms with Crippen molar-refractivity contribution >= 4 is 28.2 Å². The molecule has 16 heavy (non-hydrogen) atoms. The second-order valence-electron chi connectivity index (χ2n) is 3.57. The molecule has 0 aromatic carbocycles. The van der Waals surface area contributed by atoms with Gasteiger partial charge in [0.15, 0.2) is 0 Å². The number of hydrogen-bond donors (Lipinski definition) is 1. The SMILES string of the molecule is Cc1cc2[nH]c3cc(Cl)ncc3c(=O)n2n1. The lowest BCUT2D eigenvalue weighted by Gasteiger charge is -1.99. The van der Waals surface area contributed by atoms with Gasteiger partial charge in [-0.2, -0.15) is 9.61 Å². The van der Waals surface area contributed by atoms with Crippen molar-refractivity contribution in [3.8, 4) is 0 Å². The van der Waals surface area contributed by atoms with Gasteiger partial charge in [-0.05, 0) is 13.0 Å². The summed E-state index contributed by atoms with van der Waals surface area (Å²) in [5.74, 6) is 0.